The monoisotopic (exact) mass is 191 g/mol. The molecule has 0 amide bonds. The fourth-order valence-corrected chi connectivity index (χ4v) is 2.00. The summed E-state index contributed by atoms with van der Waals surface area (Å²) in [4.78, 5) is 13.4. The van der Waals surface area contributed by atoms with E-state index in [1.807, 2.05) is 0 Å². The van der Waals surface area contributed by atoms with Crippen molar-refractivity contribution in [3.8, 4) is 0 Å². The van der Waals surface area contributed by atoms with Crippen molar-refractivity contribution in [2.24, 2.45) is 0 Å². The summed E-state index contributed by atoms with van der Waals surface area (Å²) >= 11 is 0. The van der Waals surface area contributed by atoms with Gasteiger partial charge in [-0.2, -0.15) is 0 Å². The van der Waals surface area contributed by atoms with E-state index in [9.17, 15) is 4.79 Å². The smallest absolute Gasteiger partial charge is 0.135 e. The Morgan fingerprint density at radius 3 is 2.64 bits per heavy atom. The number of piperidine rings is 1. The van der Waals surface area contributed by atoms with Gasteiger partial charge >= 0.3 is 0 Å². The predicted molar refractivity (Wildman–Crippen MR) is 57.1 cm³/mol. The van der Waals surface area contributed by atoms with E-state index in [1.54, 1.807) is 0 Å². The van der Waals surface area contributed by atoms with Crippen LogP contribution in [-0.2, 0) is 4.79 Å². The number of nitrogens with zero attached hydrogens (tertiary/aromatic N) is 1. The van der Waals surface area contributed by atoms with Gasteiger partial charge in [-0.25, -0.2) is 0 Å². The van der Waals surface area contributed by atoms with Crippen molar-refractivity contribution in [1.82, 2.24) is 4.90 Å². The third kappa shape index (κ3) is 2.55. The number of allylic oxidation sites excluding steroid dienone is 2. The van der Waals surface area contributed by atoms with Crippen LogP contribution in [0.1, 0.15) is 25.7 Å². The molecule has 2 rings (SSSR count). The highest BCUT2D eigenvalue weighted by Crippen LogP contribution is 2.13. The molecule has 0 bridgehead atoms. The molecule has 0 saturated carbocycles. The molecule has 0 spiro atoms. The van der Waals surface area contributed by atoms with Crippen molar-refractivity contribution >= 4 is 5.78 Å². The second kappa shape index (κ2) is 4.56. The molecule has 1 fully saturated rings. The normalized spacial score (nSPS) is 23.7. The van der Waals surface area contributed by atoms with Crippen molar-refractivity contribution in [3.63, 3.8) is 0 Å². The number of carbonyl (C=O) groups excluding carboxylic acids is 1. The minimum absolute atomic E-state index is 0.425. The Labute approximate surface area is 85.3 Å². The summed E-state index contributed by atoms with van der Waals surface area (Å²) in [6, 6.07) is 0. The topological polar surface area (TPSA) is 20.3 Å². The van der Waals surface area contributed by atoms with E-state index in [0.717, 1.165) is 32.5 Å². The summed E-state index contributed by atoms with van der Waals surface area (Å²) in [6.45, 7) is 2.93. The lowest BCUT2D eigenvalue weighted by Crippen LogP contribution is -2.35. The lowest BCUT2D eigenvalue weighted by molar-refractivity contribution is -0.121. The molecule has 1 aliphatic carbocycles. The number of carbonyl (C=O) groups is 1. The Balaban J connectivity index is 1.82. The summed E-state index contributed by atoms with van der Waals surface area (Å²) in [5, 5.41) is 0. The Bertz CT molecular complexity index is 268. The maximum absolute atomic E-state index is 11.0. The van der Waals surface area contributed by atoms with Crippen LogP contribution >= 0.6 is 0 Å². The van der Waals surface area contributed by atoms with Gasteiger partial charge < -0.3 is 0 Å². The highest BCUT2D eigenvalue weighted by molar-refractivity contribution is 5.79. The van der Waals surface area contributed by atoms with Gasteiger partial charge in [-0.15, -0.1) is 0 Å². The Hall–Kier alpha value is -0.890. The van der Waals surface area contributed by atoms with E-state index in [4.69, 9.17) is 0 Å². The average molecular weight is 191 g/mol. The van der Waals surface area contributed by atoms with E-state index < -0.39 is 0 Å². The van der Waals surface area contributed by atoms with Gasteiger partial charge in [0, 0.05) is 32.5 Å². The molecule has 0 aromatic carbocycles. The molecule has 2 aliphatic rings. The molecule has 2 heteroatoms. The maximum Gasteiger partial charge on any atom is 0.135 e. The first-order chi connectivity index (χ1) is 6.84. The SMILES string of the molecule is O=C1CCN(CC2=CCCC=C2)CC1. The van der Waals surface area contributed by atoms with Gasteiger partial charge in [0.1, 0.15) is 5.78 Å². The van der Waals surface area contributed by atoms with Crippen molar-refractivity contribution in [1.29, 1.82) is 0 Å². The minimum Gasteiger partial charge on any atom is -0.300 e. The molecule has 0 atom stereocenters. The van der Waals surface area contributed by atoms with Crippen LogP contribution in [0.4, 0.5) is 0 Å². The highest BCUT2D eigenvalue weighted by atomic mass is 16.1. The molecule has 0 radical (unpaired) electrons. The highest BCUT2D eigenvalue weighted by Gasteiger charge is 2.16. The predicted octanol–water partition coefficient (Wildman–Crippen LogP) is 1.93. The van der Waals surface area contributed by atoms with E-state index in [1.165, 1.54) is 18.4 Å². The van der Waals surface area contributed by atoms with Crippen molar-refractivity contribution in [2.45, 2.75) is 25.7 Å². The van der Waals surface area contributed by atoms with E-state index in [2.05, 4.69) is 23.1 Å². The molecular formula is C12H17NO. The van der Waals surface area contributed by atoms with Gasteiger partial charge in [-0.3, -0.25) is 9.69 Å². The summed E-state index contributed by atoms with van der Waals surface area (Å²) in [5.41, 5.74) is 1.42. The zero-order valence-corrected chi connectivity index (χ0v) is 8.54. The lowest BCUT2D eigenvalue weighted by atomic mass is 10.0. The Morgan fingerprint density at radius 1 is 1.21 bits per heavy atom. The minimum atomic E-state index is 0.425. The third-order valence-electron chi connectivity index (χ3n) is 2.89. The summed E-state index contributed by atoms with van der Waals surface area (Å²) in [7, 11) is 0. The molecule has 76 valence electrons. The third-order valence-corrected chi connectivity index (χ3v) is 2.89. The zero-order valence-electron chi connectivity index (χ0n) is 8.54. The number of Topliss-reactive ketones (excluding diaryl/α,β-unsaturated/α-hetero) is 1. The van der Waals surface area contributed by atoms with E-state index in [0.29, 0.717) is 5.78 Å². The summed E-state index contributed by atoms with van der Waals surface area (Å²) in [5.74, 6) is 0.425. The summed E-state index contributed by atoms with van der Waals surface area (Å²) < 4.78 is 0. The number of ketones is 1. The molecule has 0 unspecified atom stereocenters. The fourth-order valence-electron chi connectivity index (χ4n) is 2.00. The van der Waals surface area contributed by atoms with Crippen molar-refractivity contribution in [2.75, 3.05) is 19.6 Å². The first-order valence-electron chi connectivity index (χ1n) is 5.44. The van der Waals surface area contributed by atoms with E-state index in [-0.39, 0.29) is 0 Å². The lowest BCUT2D eigenvalue weighted by Gasteiger charge is -2.26. The van der Waals surface area contributed by atoms with Gasteiger partial charge in [0.15, 0.2) is 0 Å². The second-order valence-electron chi connectivity index (χ2n) is 4.07. The molecule has 1 heterocycles. The first-order valence-corrected chi connectivity index (χ1v) is 5.44. The number of hydrogen-bond acceptors (Lipinski definition) is 2. The standard InChI is InChI=1S/C12H17NO/c14-12-6-8-13(9-7-12)10-11-4-2-1-3-5-11/h2,4-5H,1,3,6-10H2. The molecule has 1 saturated heterocycles. The molecule has 2 nitrogen and oxygen atoms in total. The summed E-state index contributed by atoms with van der Waals surface area (Å²) in [6.07, 6.45) is 10.6. The van der Waals surface area contributed by atoms with E-state index >= 15 is 0 Å². The maximum atomic E-state index is 11.0. The number of hydrogen-bond donors (Lipinski definition) is 0. The van der Waals surface area contributed by atoms with Crippen LogP contribution in [0.3, 0.4) is 0 Å². The van der Waals surface area contributed by atoms with Crippen LogP contribution in [0, 0.1) is 0 Å². The average Bonchev–Trinajstić information content (AvgIpc) is 2.23. The number of rotatable bonds is 2. The van der Waals surface area contributed by atoms with Crippen LogP contribution in [0.2, 0.25) is 0 Å². The second-order valence-corrected chi connectivity index (χ2v) is 4.07. The van der Waals surface area contributed by atoms with Crippen molar-refractivity contribution < 1.29 is 4.79 Å². The number of likely N-dealkylation sites (tertiary alicyclic amines) is 1. The zero-order chi connectivity index (χ0) is 9.80. The van der Waals surface area contributed by atoms with Crippen LogP contribution in [0.25, 0.3) is 0 Å². The molecule has 14 heavy (non-hydrogen) atoms. The molecule has 0 aromatic heterocycles. The Kier molecular flexibility index (Phi) is 3.14. The van der Waals surface area contributed by atoms with Gasteiger partial charge in [0.05, 0.1) is 0 Å². The van der Waals surface area contributed by atoms with Gasteiger partial charge in [0.2, 0.25) is 0 Å². The van der Waals surface area contributed by atoms with Crippen LogP contribution in [0.15, 0.2) is 23.8 Å². The van der Waals surface area contributed by atoms with Crippen LogP contribution in [-0.4, -0.2) is 30.3 Å². The van der Waals surface area contributed by atoms with Crippen LogP contribution < -0.4 is 0 Å². The Morgan fingerprint density at radius 2 is 2.00 bits per heavy atom. The first kappa shape index (κ1) is 9.66. The molecular weight excluding hydrogens is 174 g/mol. The molecule has 1 aliphatic heterocycles. The van der Waals surface area contributed by atoms with Gasteiger partial charge in [-0.05, 0) is 18.4 Å². The quantitative estimate of drug-likeness (QED) is 0.664. The molecule has 0 aromatic rings. The largest absolute Gasteiger partial charge is 0.300 e. The fraction of sp³-hybridized carbons (Fsp3) is 0.583. The van der Waals surface area contributed by atoms with Gasteiger partial charge in [0.25, 0.3) is 0 Å². The van der Waals surface area contributed by atoms with Crippen molar-refractivity contribution in [3.05, 3.63) is 23.8 Å². The van der Waals surface area contributed by atoms with Gasteiger partial charge in [-0.1, -0.05) is 18.2 Å². The van der Waals surface area contributed by atoms with Crippen LogP contribution in [0.5, 0.6) is 0 Å². The molecule has 0 N–H and O–H groups in total.